The van der Waals surface area contributed by atoms with E-state index >= 15 is 0 Å². The molecule has 3 aromatic rings. The average Bonchev–Trinajstić information content (AvgIpc) is 2.93. The molecule has 0 radical (unpaired) electrons. The Morgan fingerprint density at radius 2 is 1.86 bits per heavy atom. The van der Waals surface area contributed by atoms with Gasteiger partial charge >= 0.3 is 0 Å². The molecule has 0 bridgehead atoms. The van der Waals surface area contributed by atoms with Gasteiger partial charge in [0, 0.05) is 22.1 Å². The smallest absolute Gasteiger partial charge is 0.0709 e. The molecule has 3 nitrogen and oxygen atoms in total. The van der Waals surface area contributed by atoms with Crippen LogP contribution in [-0.2, 0) is 5.41 Å². The number of aryl methyl sites for hydroxylation is 1. The highest BCUT2D eigenvalue weighted by molar-refractivity contribution is 5.81. The number of pyridine rings is 1. The van der Waals surface area contributed by atoms with E-state index in [0.717, 1.165) is 22.5 Å². The van der Waals surface area contributed by atoms with Gasteiger partial charge in [0.15, 0.2) is 0 Å². The van der Waals surface area contributed by atoms with Crippen molar-refractivity contribution in [1.82, 2.24) is 15.2 Å². The second-order valence-electron chi connectivity index (χ2n) is 6.72. The first-order valence-corrected chi connectivity index (χ1v) is 7.53. The van der Waals surface area contributed by atoms with Crippen LogP contribution in [0.25, 0.3) is 23.1 Å². The Bertz CT molecular complexity index is 835. The number of rotatable bonds is 2. The minimum Gasteiger partial charge on any atom is -0.281 e. The van der Waals surface area contributed by atoms with Crippen molar-refractivity contribution in [3.63, 3.8) is 0 Å². The van der Waals surface area contributed by atoms with Gasteiger partial charge in [-0.1, -0.05) is 38.5 Å². The molecule has 0 spiro atoms. The lowest BCUT2D eigenvalue weighted by Gasteiger charge is -2.17. The molecule has 0 amide bonds. The van der Waals surface area contributed by atoms with Gasteiger partial charge in [-0.15, -0.1) is 0 Å². The Kier molecular flexibility index (Phi) is 3.57. The summed E-state index contributed by atoms with van der Waals surface area (Å²) >= 11 is 0. The van der Waals surface area contributed by atoms with Crippen molar-refractivity contribution in [3.8, 4) is 0 Å². The Labute approximate surface area is 131 Å². The molecule has 0 saturated carbocycles. The zero-order valence-corrected chi connectivity index (χ0v) is 13.5. The van der Waals surface area contributed by atoms with Crippen molar-refractivity contribution in [2.75, 3.05) is 0 Å². The van der Waals surface area contributed by atoms with Crippen molar-refractivity contribution in [2.45, 2.75) is 33.1 Å². The number of fused-ring (bicyclic) bond motifs is 1. The Balaban J connectivity index is 1.93. The maximum absolute atomic E-state index is 4.69. The summed E-state index contributed by atoms with van der Waals surface area (Å²) in [5.74, 6) is 0. The minimum absolute atomic E-state index is 0.0461. The summed E-state index contributed by atoms with van der Waals surface area (Å²) in [6, 6.07) is 10.5. The van der Waals surface area contributed by atoms with Crippen molar-refractivity contribution >= 4 is 23.1 Å². The SMILES string of the molecule is Cc1ccc2nc(/C=C/c3cn[nH]c3C(C)(C)C)ccc2c1. The van der Waals surface area contributed by atoms with Crippen LogP contribution in [0.1, 0.15) is 43.3 Å². The number of hydrogen-bond acceptors (Lipinski definition) is 2. The summed E-state index contributed by atoms with van der Waals surface area (Å²) in [4.78, 5) is 4.69. The predicted molar refractivity (Wildman–Crippen MR) is 92.7 cm³/mol. The van der Waals surface area contributed by atoms with Crippen molar-refractivity contribution in [2.24, 2.45) is 0 Å². The highest BCUT2D eigenvalue weighted by Crippen LogP contribution is 2.24. The molecule has 2 heterocycles. The second kappa shape index (κ2) is 5.41. The van der Waals surface area contributed by atoms with Gasteiger partial charge in [0.2, 0.25) is 0 Å². The Hall–Kier alpha value is -2.42. The van der Waals surface area contributed by atoms with E-state index in [4.69, 9.17) is 4.98 Å². The lowest BCUT2D eigenvalue weighted by molar-refractivity contribution is 0.566. The van der Waals surface area contributed by atoms with Crippen molar-refractivity contribution in [1.29, 1.82) is 0 Å². The predicted octanol–water partition coefficient (Wildman–Crippen LogP) is 4.73. The number of aromatic nitrogens is 3. The summed E-state index contributed by atoms with van der Waals surface area (Å²) in [5, 5.41) is 8.44. The number of H-pyrrole nitrogens is 1. The number of benzene rings is 1. The highest BCUT2D eigenvalue weighted by Gasteiger charge is 2.18. The van der Waals surface area contributed by atoms with E-state index in [1.54, 1.807) is 0 Å². The standard InChI is InChI=1S/C19H21N3/c1-13-5-10-17-14(11-13)6-8-16(21-17)9-7-15-12-20-22-18(15)19(2,3)4/h5-12H,1-4H3,(H,20,22)/b9-7+. The molecule has 0 unspecified atom stereocenters. The third-order valence-electron chi connectivity index (χ3n) is 3.72. The van der Waals surface area contributed by atoms with Gasteiger partial charge in [0.25, 0.3) is 0 Å². The monoisotopic (exact) mass is 291 g/mol. The third-order valence-corrected chi connectivity index (χ3v) is 3.72. The summed E-state index contributed by atoms with van der Waals surface area (Å²) in [6.07, 6.45) is 5.98. The molecule has 0 saturated heterocycles. The molecule has 0 aliphatic carbocycles. The topological polar surface area (TPSA) is 41.6 Å². The van der Waals surface area contributed by atoms with Crippen LogP contribution in [-0.4, -0.2) is 15.2 Å². The van der Waals surface area contributed by atoms with Crippen LogP contribution in [0.5, 0.6) is 0 Å². The average molecular weight is 291 g/mol. The fourth-order valence-electron chi connectivity index (χ4n) is 2.55. The second-order valence-corrected chi connectivity index (χ2v) is 6.72. The summed E-state index contributed by atoms with van der Waals surface area (Å²) in [6.45, 7) is 8.62. The summed E-state index contributed by atoms with van der Waals surface area (Å²) < 4.78 is 0. The van der Waals surface area contributed by atoms with E-state index in [1.807, 2.05) is 12.3 Å². The van der Waals surface area contributed by atoms with E-state index in [2.05, 4.69) is 74.3 Å². The number of nitrogens with zero attached hydrogens (tertiary/aromatic N) is 2. The zero-order chi connectivity index (χ0) is 15.7. The highest BCUT2D eigenvalue weighted by atomic mass is 15.1. The van der Waals surface area contributed by atoms with E-state index < -0.39 is 0 Å². The summed E-state index contributed by atoms with van der Waals surface area (Å²) in [7, 11) is 0. The number of hydrogen-bond donors (Lipinski definition) is 1. The molecule has 3 rings (SSSR count). The minimum atomic E-state index is 0.0461. The first-order valence-electron chi connectivity index (χ1n) is 7.53. The van der Waals surface area contributed by atoms with Crippen LogP contribution in [0.15, 0.2) is 36.5 Å². The first kappa shape index (κ1) is 14.5. The Morgan fingerprint density at radius 3 is 2.64 bits per heavy atom. The maximum atomic E-state index is 4.69. The van der Waals surface area contributed by atoms with Gasteiger partial charge < -0.3 is 0 Å². The van der Waals surface area contributed by atoms with Crippen molar-refractivity contribution in [3.05, 3.63) is 59.0 Å². The zero-order valence-electron chi connectivity index (χ0n) is 13.5. The largest absolute Gasteiger partial charge is 0.281 e. The van der Waals surface area contributed by atoms with Gasteiger partial charge in [-0.25, -0.2) is 4.98 Å². The van der Waals surface area contributed by atoms with Crippen LogP contribution in [0, 0.1) is 6.92 Å². The molecule has 2 aromatic heterocycles. The first-order chi connectivity index (χ1) is 10.4. The maximum Gasteiger partial charge on any atom is 0.0709 e. The van der Waals surface area contributed by atoms with Gasteiger partial charge in [0.05, 0.1) is 17.4 Å². The summed E-state index contributed by atoms with van der Waals surface area (Å²) in [5.41, 5.74) is 5.53. The molecule has 0 atom stereocenters. The molecule has 0 aliphatic rings. The third kappa shape index (κ3) is 2.93. The molecule has 3 heteroatoms. The van der Waals surface area contributed by atoms with Gasteiger partial charge in [-0.3, -0.25) is 5.10 Å². The molecular formula is C19H21N3. The van der Waals surface area contributed by atoms with Crippen LogP contribution >= 0.6 is 0 Å². The molecule has 1 N–H and O–H groups in total. The molecular weight excluding hydrogens is 270 g/mol. The lowest BCUT2D eigenvalue weighted by atomic mass is 9.89. The van der Waals surface area contributed by atoms with E-state index in [0.29, 0.717) is 0 Å². The Morgan fingerprint density at radius 1 is 1.05 bits per heavy atom. The van der Waals surface area contributed by atoms with Crippen LogP contribution in [0.4, 0.5) is 0 Å². The molecule has 1 aromatic carbocycles. The van der Waals surface area contributed by atoms with Crippen LogP contribution in [0.2, 0.25) is 0 Å². The van der Waals surface area contributed by atoms with Crippen molar-refractivity contribution < 1.29 is 0 Å². The normalized spacial score (nSPS) is 12.4. The fraction of sp³-hybridized carbons (Fsp3) is 0.263. The molecule has 0 aliphatic heterocycles. The van der Waals surface area contributed by atoms with Gasteiger partial charge in [-0.2, -0.15) is 5.10 Å². The fourth-order valence-corrected chi connectivity index (χ4v) is 2.55. The van der Waals surface area contributed by atoms with Crippen LogP contribution in [0.3, 0.4) is 0 Å². The molecule has 22 heavy (non-hydrogen) atoms. The van der Waals surface area contributed by atoms with Gasteiger partial charge in [0.1, 0.15) is 0 Å². The number of aromatic amines is 1. The van der Waals surface area contributed by atoms with Gasteiger partial charge in [-0.05, 0) is 37.3 Å². The molecule has 0 fully saturated rings. The molecule has 112 valence electrons. The number of nitrogens with one attached hydrogen (secondary N) is 1. The lowest BCUT2D eigenvalue weighted by Crippen LogP contribution is -2.13. The van der Waals surface area contributed by atoms with E-state index in [1.165, 1.54) is 10.9 Å². The van der Waals surface area contributed by atoms with E-state index in [-0.39, 0.29) is 5.41 Å². The van der Waals surface area contributed by atoms with E-state index in [9.17, 15) is 0 Å². The van der Waals surface area contributed by atoms with Crippen LogP contribution < -0.4 is 0 Å². The quantitative estimate of drug-likeness (QED) is 0.741.